The van der Waals surface area contributed by atoms with Gasteiger partial charge in [-0.25, -0.2) is 0 Å². The van der Waals surface area contributed by atoms with E-state index < -0.39 is 0 Å². The third kappa shape index (κ3) is 4.38. The molecule has 0 amide bonds. The number of phenolic OH excluding ortho intramolecular Hbond substituents is 2. The predicted molar refractivity (Wildman–Crippen MR) is 91.0 cm³/mol. The van der Waals surface area contributed by atoms with Gasteiger partial charge in [0.05, 0.1) is 0 Å². The van der Waals surface area contributed by atoms with E-state index in [-0.39, 0.29) is 11.5 Å². The lowest BCUT2D eigenvalue weighted by atomic mass is 10.0. The van der Waals surface area contributed by atoms with E-state index in [9.17, 15) is 10.2 Å². The van der Waals surface area contributed by atoms with Crippen LogP contribution in [-0.4, -0.2) is 10.2 Å². The Morgan fingerprint density at radius 3 is 2.33 bits per heavy atom. The van der Waals surface area contributed by atoms with Gasteiger partial charge in [0.25, 0.3) is 0 Å². The number of phenols is 2. The van der Waals surface area contributed by atoms with Gasteiger partial charge in [-0.2, -0.15) is 0 Å². The van der Waals surface area contributed by atoms with Crippen LogP contribution < -0.4 is 10.4 Å². The summed E-state index contributed by atoms with van der Waals surface area (Å²) in [6.07, 6.45) is 10.0. The van der Waals surface area contributed by atoms with Crippen LogP contribution in [0.25, 0.3) is 12.7 Å². The number of aromatic hydroxyl groups is 2. The molecule has 0 aliphatic rings. The zero-order valence-corrected chi connectivity index (χ0v) is 13.8. The molecule has 0 heterocycles. The van der Waals surface area contributed by atoms with E-state index in [1.807, 2.05) is 12.2 Å². The van der Waals surface area contributed by atoms with Gasteiger partial charge in [0.2, 0.25) is 0 Å². The van der Waals surface area contributed by atoms with Crippen molar-refractivity contribution < 1.29 is 10.2 Å². The second kappa shape index (κ2) is 7.92. The van der Waals surface area contributed by atoms with Crippen LogP contribution >= 0.6 is 0 Å². The summed E-state index contributed by atoms with van der Waals surface area (Å²) in [6, 6.07) is 0. The lowest BCUT2D eigenvalue weighted by molar-refractivity contribution is 0.445. The van der Waals surface area contributed by atoms with Gasteiger partial charge in [0, 0.05) is 21.6 Å². The van der Waals surface area contributed by atoms with Crippen molar-refractivity contribution in [2.75, 3.05) is 0 Å². The molecule has 0 aromatic heterocycles. The molecule has 0 spiro atoms. The molecule has 2 nitrogen and oxygen atoms in total. The molecule has 0 aliphatic heterocycles. The van der Waals surface area contributed by atoms with Crippen molar-refractivity contribution in [1.29, 1.82) is 0 Å². The molecular weight excluding hydrogens is 260 g/mol. The molecule has 1 rings (SSSR count). The Balaban J connectivity index is 3.03. The number of rotatable bonds is 6. The average molecular weight is 288 g/mol. The molecule has 0 atom stereocenters. The average Bonchev–Trinajstić information content (AvgIpc) is 2.47. The summed E-state index contributed by atoms with van der Waals surface area (Å²) in [7, 11) is 0. The Morgan fingerprint density at radius 1 is 1.05 bits per heavy atom. The van der Waals surface area contributed by atoms with E-state index in [1.54, 1.807) is 13.8 Å². The standard InChI is InChI=1S/C19H28O2/c1-6-7-8-9-10-13(2)11-12-17-16(5)18(20)14(3)15(4)19(17)21/h11-12,20-21H,3,6-10H2,1-2,4-5H3. The number of benzene rings is 1. The first-order valence-corrected chi connectivity index (χ1v) is 7.77. The van der Waals surface area contributed by atoms with E-state index in [4.69, 9.17) is 0 Å². The van der Waals surface area contributed by atoms with Crippen LogP contribution in [0.3, 0.4) is 0 Å². The van der Waals surface area contributed by atoms with E-state index in [2.05, 4.69) is 20.4 Å². The fourth-order valence-corrected chi connectivity index (χ4v) is 2.40. The number of hydrogen-bond acceptors (Lipinski definition) is 2. The third-order valence-corrected chi connectivity index (χ3v) is 4.07. The Morgan fingerprint density at radius 2 is 1.71 bits per heavy atom. The molecule has 0 aliphatic carbocycles. The first kappa shape index (κ1) is 17.4. The number of hydrogen-bond donors (Lipinski definition) is 2. The van der Waals surface area contributed by atoms with Gasteiger partial charge in [-0.05, 0) is 33.6 Å². The van der Waals surface area contributed by atoms with Crippen molar-refractivity contribution in [3.63, 3.8) is 0 Å². The van der Waals surface area contributed by atoms with Crippen LogP contribution in [0.4, 0.5) is 0 Å². The molecule has 0 saturated heterocycles. The molecular formula is C19H28O2. The van der Waals surface area contributed by atoms with Crippen LogP contribution in [0.15, 0.2) is 11.6 Å². The highest BCUT2D eigenvalue weighted by atomic mass is 16.3. The van der Waals surface area contributed by atoms with Gasteiger partial charge in [0.15, 0.2) is 0 Å². The zero-order chi connectivity index (χ0) is 16.0. The topological polar surface area (TPSA) is 40.5 Å². The largest absolute Gasteiger partial charge is 0.507 e. The number of allylic oxidation sites excluding steroid dienone is 2. The molecule has 0 radical (unpaired) electrons. The van der Waals surface area contributed by atoms with Crippen LogP contribution in [0.2, 0.25) is 0 Å². The molecule has 21 heavy (non-hydrogen) atoms. The maximum absolute atomic E-state index is 10.2. The summed E-state index contributed by atoms with van der Waals surface area (Å²) >= 11 is 0. The highest BCUT2D eigenvalue weighted by Gasteiger charge is 2.08. The summed E-state index contributed by atoms with van der Waals surface area (Å²) in [5.41, 5.74) is 2.61. The van der Waals surface area contributed by atoms with Gasteiger partial charge in [-0.1, -0.05) is 50.5 Å². The Bertz CT molecular complexity index is 589. The zero-order valence-electron chi connectivity index (χ0n) is 13.8. The molecule has 2 N–H and O–H groups in total. The van der Waals surface area contributed by atoms with Crippen molar-refractivity contribution in [3.05, 3.63) is 33.2 Å². The lowest BCUT2D eigenvalue weighted by Gasteiger charge is -2.07. The second-order valence-electron chi connectivity index (χ2n) is 5.83. The highest BCUT2D eigenvalue weighted by molar-refractivity contribution is 5.54. The first-order valence-electron chi connectivity index (χ1n) is 7.77. The van der Waals surface area contributed by atoms with E-state index in [0.29, 0.717) is 21.6 Å². The van der Waals surface area contributed by atoms with Gasteiger partial charge in [-0.3, -0.25) is 0 Å². The van der Waals surface area contributed by atoms with Crippen LogP contribution in [-0.2, 0) is 0 Å². The monoisotopic (exact) mass is 288 g/mol. The van der Waals surface area contributed by atoms with Crippen molar-refractivity contribution in [1.82, 2.24) is 0 Å². The minimum absolute atomic E-state index is 0.172. The maximum atomic E-state index is 10.2. The molecule has 1 aromatic rings. The van der Waals surface area contributed by atoms with Crippen LogP contribution in [0, 0.1) is 13.8 Å². The fraction of sp³-hybridized carbons (Fsp3) is 0.474. The SMILES string of the molecule is C=c1c(C)c(O)c(=CC=C(C)CCCCCC)c(C)c1O. The highest BCUT2D eigenvalue weighted by Crippen LogP contribution is 2.15. The quantitative estimate of drug-likeness (QED) is 0.617. The molecule has 116 valence electrons. The van der Waals surface area contributed by atoms with E-state index >= 15 is 0 Å². The molecule has 0 bridgehead atoms. The lowest BCUT2D eigenvalue weighted by Crippen LogP contribution is -2.17. The van der Waals surface area contributed by atoms with Crippen LogP contribution in [0.1, 0.15) is 57.1 Å². The Labute approximate surface area is 128 Å². The Kier molecular flexibility index (Phi) is 6.54. The van der Waals surface area contributed by atoms with E-state index in [1.165, 1.54) is 31.3 Å². The third-order valence-electron chi connectivity index (χ3n) is 4.07. The summed E-state index contributed by atoms with van der Waals surface area (Å²) in [6.45, 7) is 11.7. The normalized spacial score (nSPS) is 13.0. The maximum Gasteiger partial charge on any atom is 0.126 e. The smallest absolute Gasteiger partial charge is 0.126 e. The van der Waals surface area contributed by atoms with E-state index in [0.717, 1.165) is 6.42 Å². The minimum atomic E-state index is 0.172. The van der Waals surface area contributed by atoms with Crippen molar-refractivity contribution >= 4 is 12.7 Å². The molecule has 0 unspecified atom stereocenters. The predicted octanol–water partition coefficient (Wildman–Crippen LogP) is 3.82. The van der Waals surface area contributed by atoms with Gasteiger partial charge in [-0.15, -0.1) is 0 Å². The van der Waals surface area contributed by atoms with Gasteiger partial charge in [0.1, 0.15) is 11.5 Å². The van der Waals surface area contributed by atoms with Crippen molar-refractivity contribution in [3.8, 4) is 11.5 Å². The molecule has 1 aromatic carbocycles. The van der Waals surface area contributed by atoms with Crippen LogP contribution in [0.5, 0.6) is 11.5 Å². The van der Waals surface area contributed by atoms with Crippen molar-refractivity contribution in [2.45, 2.75) is 59.8 Å². The van der Waals surface area contributed by atoms with Gasteiger partial charge >= 0.3 is 0 Å². The summed E-state index contributed by atoms with van der Waals surface area (Å²) < 4.78 is 0. The van der Waals surface area contributed by atoms with Gasteiger partial charge < -0.3 is 10.2 Å². The first-order chi connectivity index (χ1) is 9.90. The Hall–Kier alpha value is -1.70. The second-order valence-corrected chi connectivity index (χ2v) is 5.83. The molecule has 0 saturated carbocycles. The summed E-state index contributed by atoms with van der Waals surface area (Å²) in [5.74, 6) is 0.385. The molecule has 0 fully saturated rings. The molecule has 2 heteroatoms. The fourth-order valence-electron chi connectivity index (χ4n) is 2.40. The minimum Gasteiger partial charge on any atom is -0.507 e. The summed E-state index contributed by atoms with van der Waals surface area (Å²) in [5, 5.41) is 21.5. The van der Waals surface area contributed by atoms with Crippen molar-refractivity contribution in [2.24, 2.45) is 0 Å². The summed E-state index contributed by atoms with van der Waals surface area (Å²) in [4.78, 5) is 0. The number of unbranched alkanes of at least 4 members (excludes halogenated alkanes) is 3.